The summed E-state index contributed by atoms with van der Waals surface area (Å²) >= 11 is 0. The van der Waals surface area contributed by atoms with Crippen molar-refractivity contribution >= 4 is 11.9 Å². The molecule has 1 fully saturated rings. The maximum Gasteiger partial charge on any atom is 0.303 e. The summed E-state index contributed by atoms with van der Waals surface area (Å²) in [6.07, 6.45) is 2.32. The molecule has 1 aliphatic heterocycles. The number of aliphatic hydroxyl groups is 1. The molecule has 1 amide bonds. The van der Waals surface area contributed by atoms with E-state index in [0.29, 0.717) is 19.4 Å². The fourth-order valence-electron chi connectivity index (χ4n) is 5.13. The van der Waals surface area contributed by atoms with Crippen LogP contribution in [0.15, 0.2) is 85.5 Å². The molecule has 0 bridgehead atoms. The van der Waals surface area contributed by atoms with Crippen molar-refractivity contribution in [1.82, 2.24) is 10.2 Å². The zero-order valence-electron chi connectivity index (χ0n) is 24.1. The van der Waals surface area contributed by atoms with E-state index < -0.39 is 12.3 Å². The third kappa shape index (κ3) is 8.84. The highest BCUT2D eigenvalue weighted by molar-refractivity contribution is 5.77. The van der Waals surface area contributed by atoms with E-state index in [-0.39, 0.29) is 37.6 Å². The van der Waals surface area contributed by atoms with E-state index >= 15 is 0 Å². The van der Waals surface area contributed by atoms with Crippen molar-refractivity contribution in [2.24, 2.45) is 0 Å². The highest BCUT2D eigenvalue weighted by Crippen LogP contribution is 2.38. The Kier molecular flexibility index (Phi) is 11.4. The van der Waals surface area contributed by atoms with Gasteiger partial charge in [0.15, 0.2) is 6.29 Å². The third-order valence-electron chi connectivity index (χ3n) is 7.35. The molecular weight excluding hydrogens is 532 g/mol. The first-order valence-corrected chi connectivity index (χ1v) is 14.3. The molecule has 1 aliphatic rings. The molecule has 3 N–H and O–H groups in total. The molecule has 3 aromatic rings. The van der Waals surface area contributed by atoms with Gasteiger partial charge >= 0.3 is 5.97 Å². The summed E-state index contributed by atoms with van der Waals surface area (Å²) in [5.41, 5.74) is 5.80. The van der Waals surface area contributed by atoms with Gasteiger partial charge in [0.05, 0.1) is 18.8 Å². The number of amides is 1. The van der Waals surface area contributed by atoms with Crippen LogP contribution in [-0.2, 0) is 32.2 Å². The number of rotatable bonds is 14. The fourth-order valence-corrected chi connectivity index (χ4v) is 5.13. The lowest BCUT2D eigenvalue weighted by atomic mass is 9.97. The molecule has 0 spiro atoms. The molecule has 0 aromatic heterocycles. The summed E-state index contributed by atoms with van der Waals surface area (Å²) in [4.78, 5) is 25.1. The van der Waals surface area contributed by atoms with Gasteiger partial charge in [-0.2, -0.15) is 0 Å². The number of likely N-dealkylation sites (N-methyl/N-ethyl adjacent to an activating group) is 1. The van der Waals surface area contributed by atoms with Crippen molar-refractivity contribution in [3.05, 3.63) is 108 Å². The Balaban J connectivity index is 1.48. The van der Waals surface area contributed by atoms with Crippen LogP contribution in [0, 0.1) is 0 Å². The molecule has 1 heterocycles. The molecule has 8 heteroatoms. The van der Waals surface area contributed by atoms with E-state index in [4.69, 9.17) is 14.6 Å². The van der Waals surface area contributed by atoms with Gasteiger partial charge in [-0.15, -0.1) is 6.58 Å². The second kappa shape index (κ2) is 15.4. The minimum absolute atomic E-state index is 0.00114. The van der Waals surface area contributed by atoms with Crippen LogP contribution in [0.25, 0.3) is 11.1 Å². The standard InChI is InChI=1S/C34H40N2O6/c1-3-19-36(2)22-29-20-31(26-13-11-24(23-37)12-14-26)42-34(41-29)27-17-15-25(16-18-27)30-8-5-4-7-28(30)21-35-32(38)9-6-10-33(39)40/h3-5,7-8,11-18,29,31,34,37H,1,6,9-10,19-23H2,2H3,(H,35,38)(H,39,40). The van der Waals surface area contributed by atoms with Crippen LogP contribution in [0.5, 0.6) is 0 Å². The number of aliphatic carboxylic acids is 1. The number of carboxylic acid groups (broad SMARTS) is 1. The van der Waals surface area contributed by atoms with Gasteiger partial charge in [-0.3, -0.25) is 9.59 Å². The summed E-state index contributed by atoms with van der Waals surface area (Å²) in [5.74, 6) is -1.06. The van der Waals surface area contributed by atoms with Crippen molar-refractivity contribution in [2.75, 3.05) is 20.1 Å². The van der Waals surface area contributed by atoms with E-state index in [1.165, 1.54) is 0 Å². The zero-order chi connectivity index (χ0) is 29.9. The van der Waals surface area contributed by atoms with E-state index in [9.17, 15) is 14.7 Å². The Hall–Kier alpha value is -3.82. The van der Waals surface area contributed by atoms with Crippen LogP contribution in [0.2, 0.25) is 0 Å². The summed E-state index contributed by atoms with van der Waals surface area (Å²) in [7, 11) is 2.05. The van der Waals surface area contributed by atoms with Crippen LogP contribution >= 0.6 is 0 Å². The van der Waals surface area contributed by atoms with Crippen molar-refractivity contribution in [3.8, 4) is 11.1 Å². The first kappa shape index (κ1) is 31.1. The van der Waals surface area contributed by atoms with Crippen molar-refractivity contribution in [1.29, 1.82) is 0 Å². The van der Waals surface area contributed by atoms with Crippen LogP contribution in [0.4, 0.5) is 0 Å². The Bertz CT molecular complexity index is 1320. The maximum absolute atomic E-state index is 12.2. The van der Waals surface area contributed by atoms with Crippen LogP contribution in [0.3, 0.4) is 0 Å². The number of nitrogens with zero attached hydrogens (tertiary/aromatic N) is 1. The Morgan fingerprint density at radius 2 is 1.71 bits per heavy atom. The molecule has 8 nitrogen and oxygen atoms in total. The van der Waals surface area contributed by atoms with Gasteiger partial charge in [-0.1, -0.05) is 78.9 Å². The minimum Gasteiger partial charge on any atom is -0.481 e. The Morgan fingerprint density at radius 1 is 1.00 bits per heavy atom. The second-order valence-electron chi connectivity index (χ2n) is 10.7. The predicted octanol–water partition coefficient (Wildman–Crippen LogP) is 5.38. The highest BCUT2D eigenvalue weighted by Gasteiger charge is 2.32. The lowest BCUT2D eigenvalue weighted by Crippen LogP contribution is -2.37. The van der Waals surface area contributed by atoms with Gasteiger partial charge in [0, 0.05) is 44.5 Å². The Labute approximate surface area is 247 Å². The molecule has 0 aliphatic carbocycles. The molecule has 0 radical (unpaired) electrons. The summed E-state index contributed by atoms with van der Waals surface area (Å²) in [5, 5.41) is 21.1. The van der Waals surface area contributed by atoms with Gasteiger partial charge in [-0.05, 0) is 41.3 Å². The first-order chi connectivity index (χ1) is 20.4. The monoisotopic (exact) mass is 572 g/mol. The number of benzene rings is 3. The smallest absolute Gasteiger partial charge is 0.303 e. The maximum atomic E-state index is 12.2. The molecule has 3 unspecified atom stereocenters. The number of aliphatic hydroxyl groups excluding tert-OH is 1. The lowest BCUT2D eigenvalue weighted by molar-refractivity contribution is -0.252. The van der Waals surface area contributed by atoms with Crippen LogP contribution in [0.1, 0.15) is 60.3 Å². The molecular formula is C34H40N2O6. The number of hydrogen-bond acceptors (Lipinski definition) is 6. The van der Waals surface area contributed by atoms with Crippen molar-refractivity contribution < 1.29 is 29.3 Å². The second-order valence-corrected chi connectivity index (χ2v) is 10.7. The predicted molar refractivity (Wildman–Crippen MR) is 161 cm³/mol. The van der Waals surface area contributed by atoms with E-state index in [1.807, 2.05) is 85.9 Å². The van der Waals surface area contributed by atoms with Gasteiger partial charge in [0.25, 0.3) is 0 Å². The number of carbonyl (C=O) groups excluding carboxylic acids is 1. The van der Waals surface area contributed by atoms with Gasteiger partial charge in [0.2, 0.25) is 5.91 Å². The summed E-state index contributed by atoms with van der Waals surface area (Å²) in [6.45, 7) is 5.70. The topological polar surface area (TPSA) is 108 Å². The molecule has 1 saturated heterocycles. The normalized spacial score (nSPS) is 18.5. The van der Waals surface area contributed by atoms with Gasteiger partial charge in [-0.25, -0.2) is 0 Å². The molecule has 3 aromatic carbocycles. The lowest BCUT2D eigenvalue weighted by Gasteiger charge is -2.37. The molecule has 42 heavy (non-hydrogen) atoms. The number of carboxylic acids is 1. The van der Waals surface area contributed by atoms with E-state index in [0.717, 1.165) is 46.5 Å². The SMILES string of the molecule is C=CCN(C)CC1CC(c2ccc(CO)cc2)OC(c2ccc(-c3ccccc3CNC(=O)CCCC(=O)O)cc2)O1. The van der Waals surface area contributed by atoms with Gasteiger partial charge < -0.3 is 29.9 Å². The zero-order valence-corrected chi connectivity index (χ0v) is 24.1. The largest absolute Gasteiger partial charge is 0.481 e. The molecule has 222 valence electrons. The van der Waals surface area contributed by atoms with Gasteiger partial charge in [0.1, 0.15) is 0 Å². The number of hydrogen-bond donors (Lipinski definition) is 3. The molecule has 4 rings (SSSR count). The average Bonchev–Trinajstić information content (AvgIpc) is 3.00. The summed E-state index contributed by atoms with van der Waals surface area (Å²) < 4.78 is 12.9. The van der Waals surface area contributed by atoms with E-state index in [2.05, 4.69) is 16.8 Å². The van der Waals surface area contributed by atoms with E-state index in [1.54, 1.807) is 0 Å². The fraction of sp³-hybridized carbons (Fsp3) is 0.353. The van der Waals surface area contributed by atoms with Crippen molar-refractivity contribution in [3.63, 3.8) is 0 Å². The number of ether oxygens (including phenoxy) is 2. The number of carbonyl (C=O) groups is 2. The molecule has 3 atom stereocenters. The van der Waals surface area contributed by atoms with Crippen molar-refractivity contribution in [2.45, 2.75) is 57.3 Å². The number of nitrogens with one attached hydrogen (secondary N) is 1. The van der Waals surface area contributed by atoms with Crippen LogP contribution < -0.4 is 5.32 Å². The quantitative estimate of drug-likeness (QED) is 0.223. The first-order valence-electron chi connectivity index (χ1n) is 14.3. The van der Waals surface area contributed by atoms with Crippen LogP contribution in [-0.4, -0.2) is 53.2 Å². The Morgan fingerprint density at radius 3 is 2.40 bits per heavy atom. The highest BCUT2D eigenvalue weighted by atomic mass is 16.7. The summed E-state index contributed by atoms with van der Waals surface area (Å²) in [6, 6.07) is 23.9. The third-order valence-corrected chi connectivity index (χ3v) is 7.35. The average molecular weight is 573 g/mol. The minimum atomic E-state index is -0.900. The molecule has 0 saturated carbocycles.